The number of Topliss-reactive ketones (excluding diaryl/α,β-unsaturated/α-hetero) is 1. The van der Waals surface area contributed by atoms with E-state index in [2.05, 4.69) is 10.2 Å². The fraction of sp³-hybridized carbons (Fsp3) is 0.182. The molecular formula is C11H11N3O2. The maximum atomic E-state index is 11.5. The summed E-state index contributed by atoms with van der Waals surface area (Å²) in [6.45, 7) is 1.79. The summed E-state index contributed by atoms with van der Waals surface area (Å²) in [4.78, 5) is 22.6. The van der Waals surface area contributed by atoms with E-state index < -0.39 is 5.91 Å². The molecule has 0 aliphatic carbocycles. The third kappa shape index (κ3) is 1.56. The summed E-state index contributed by atoms with van der Waals surface area (Å²) in [6, 6.07) is 5.07. The minimum absolute atomic E-state index is 0.0264. The zero-order chi connectivity index (χ0) is 11.7. The fourth-order valence-corrected chi connectivity index (χ4v) is 1.58. The Morgan fingerprint density at radius 2 is 2.19 bits per heavy atom. The van der Waals surface area contributed by atoms with Crippen LogP contribution < -0.4 is 5.73 Å². The molecule has 82 valence electrons. The second kappa shape index (κ2) is 3.77. The Balaban J connectivity index is 2.63. The quantitative estimate of drug-likeness (QED) is 0.758. The average molecular weight is 217 g/mol. The van der Waals surface area contributed by atoms with Crippen LogP contribution in [-0.2, 0) is 0 Å². The van der Waals surface area contributed by atoms with Crippen molar-refractivity contribution in [1.82, 2.24) is 10.2 Å². The molecule has 1 aromatic heterocycles. The normalized spacial score (nSPS) is 10.6. The van der Waals surface area contributed by atoms with Crippen molar-refractivity contribution in [2.45, 2.75) is 13.3 Å². The Kier molecular flexibility index (Phi) is 2.44. The first kappa shape index (κ1) is 10.4. The highest BCUT2D eigenvalue weighted by Crippen LogP contribution is 2.18. The van der Waals surface area contributed by atoms with Crippen molar-refractivity contribution in [2.24, 2.45) is 5.73 Å². The topological polar surface area (TPSA) is 88.8 Å². The van der Waals surface area contributed by atoms with E-state index in [1.54, 1.807) is 25.1 Å². The second-order valence-electron chi connectivity index (χ2n) is 3.47. The number of nitrogens with two attached hydrogens (primary N) is 1. The monoisotopic (exact) mass is 217 g/mol. The van der Waals surface area contributed by atoms with Crippen LogP contribution in [-0.4, -0.2) is 21.9 Å². The summed E-state index contributed by atoms with van der Waals surface area (Å²) < 4.78 is 0. The number of aromatic amines is 1. The predicted molar refractivity (Wildman–Crippen MR) is 59.2 cm³/mol. The van der Waals surface area contributed by atoms with Gasteiger partial charge in [0.2, 0.25) is 0 Å². The van der Waals surface area contributed by atoms with E-state index in [9.17, 15) is 9.59 Å². The van der Waals surface area contributed by atoms with Gasteiger partial charge >= 0.3 is 0 Å². The van der Waals surface area contributed by atoms with Crippen molar-refractivity contribution in [3.05, 3.63) is 29.5 Å². The van der Waals surface area contributed by atoms with Gasteiger partial charge in [0.05, 0.1) is 5.52 Å². The molecule has 0 spiro atoms. The molecule has 0 aliphatic heterocycles. The molecule has 2 aromatic rings. The number of hydrogen-bond acceptors (Lipinski definition) is 3. The molecule has 3 N–H and O–H groups in total. The average Bonchev–Trinajstić information content (AvgIpc) is 2.70. The van der Waals surface area contributed by atoms with E-state index in [0.29, 0.717) is 22.9 Å². The molecule has 16 heavy (non-hydrogen) atoms. The molecule has 0 saturated carbocycles. The van der Waals surface area contributed by atoms with Gasteiger partial charge in [-0.05, 0) is 18.2 Å². The summed E-state index contributed by atoms with van der Waals surface area (Å²) in [5.74, 6) is -0.578. The minimum Gasteiger partial charge on any atom is -0.364 e. The largest absolute Gasteiger partial charge is 0.364 e. The molecule has 0 unspecified atom stereocenters. The standard InChI is InChI=1S/C11H11N3O2/c1-2-9(15)6-3-4-8-7(5-6)10(11(12)16)14-13-8/h3-5H,2H2,1H3,(H2,12,16)(H,13,14). The van der Waals surface area contributed by atoms with E-state index in [1.807, 2.05) is 0 Å². The maximum absolute atomic E-state index is 11.5. The lowest BCUT2D eigenvalue weighted by Gasteiger charge is -1.98. The highest BCUT2D eigenvalue weighted by atomic mass is 16.1. The van der Waals surface area contributed by atoms with Crippen LogP contribution in [0.1, 0.15) is 34.2 Å². The summed E-state index contributed by atoms with van der Waals surface area (Å²) in [5, 5.41) is 7.09. The first-order valence-corrected chi connectivity index (χ1v) is 4.94. The van der Waals surface area contributed by atoms with Gasteiger partial charge in [0.25, 0.3) is 5.91 Å². The molecule has 0 saturated heterocycles. The Hall–Kier alpha value is -2.17. The van der Waals surface area contributed by atoms with Gasteiger partial charge < -0.3 is 5.73 Å². The Labute approximate surface area is 91.6 Å². The predicted octanol–water partition coefficient (Wildman–Crippen LogP) is 1.25. The van der Waals surface area contributed by atoms with Crippen LogP contribution in [0.3, 0.4) is 0 Å². The van der Waals surface area contributed by atoms with Crippen molar-refractivity contribution in [3.63, 3.8) is 0 Å². The zero-order valence-corrected chi connectivity index (χ0v) is 8.78. The van der Waals surface area contributed by atoms with Gasteiger partial charge in [0, 0.05) is 17.4 Å². The number of rotatable bonds is 3. The van der Waals surface area contributed by atoms with Gasteiger partial charge in [-0.25, -0.2) is 0 Å². The summed E-state index contributed by atoms with van der Waals surface area (Å²) in [7, 11) is 0. The summed E-state index contributed by atoms with van der Waals surface area (Å²) >= 11 is 0. The van der Waals surface area contributed by atoms with Crippen molar-refractivity contribution in [3.8, 4) is 0 Å². The smallest absolute Gasteiger partial charge is 0.269 e. The van der Waals surface area contributed by atoms with E-state index in [4.69, 9.17) is 5.73 Å². The lowest BCUT2D eigenvalue weighted by molar-refractivity contribution is 0.0982. The van der Waals surface area contributed by atoms with Gasteiger partial charge in [-0.3, -0.25) is 14.7 Å². The number of fused-ring (bicyclic) bond motifs is 1. The van der Waals surface area contributed by atoms with Crippen LogP contribution >= 0.6 is 0 Å². The molecule has 1 amide bonds. The lowest BCUT2D eigenvalue weighted by atomic mass is 10.1. The number of carbonyl (C=O) groups is 2. The molecular weight excluding hydrogens is 206 g/mol. The number of nitrogens with zero attached hydrogens (tertiary/aromatic N) is 1. The van der Waals surface area contributed by atoms with Gasteiger partial charge in [0.15, 0.2) is 11.5 Å². The third-order valence-corrected chi connectivity index (χ3v) is 2.44. The first-order chi connectivity index (χ1) is 7.63. The number of amides is 1. The minimum atomic E-state index is -0.604. The highest BCUT2D eigenvalue weighted by Gasteiger charge is 2.12. The van der Waals surface area contributed by atoms with Gasteiger partial charge in [0.1, 0.15) is 0 Å². The molecule has 1 heterocycles. The Bertz CT molecular complexity index is 572. The SMILES string of the molecule is CCC(=O)c1ccc2[nH]nc(C(N)=O)c2c1. The van der Waals surface area contributed by atoms with Crippen molar-refractivity contribution < 1.29 is 9.59 Å². The van der Waals surface area contributed by atoms with Crippen LogP contribution in [0.25, 0.3) is 10.9 Å². The van der Waals surface area contributed by atoms with Crippen molar-refractivity contribution in [2.75, 3.05) is 0 Å². The number of aromatic nitrogens is 2. The number of hydrogen-bond donors (Lipinski definition) is 2. The summed E-state index contributed by atoms with van der Waals surface area (Å²) in [6.07, 6.45) is 0.426. The molecule has 0 aliphatic rings. The van der Waals surface area contributed by atoms with Crippen molar-refractivity contribution in [1.29, 1.82) is 0 Å². The number of benzene rings is 1. The summed E-state index contributed by atoms with van der Waals surface area (Å²) in [5.41, 5.74) is 6.61. The number of carbonyl (C=O) groups excluding carboxylic acids is 2. The van der Waals surface area contributed by atoms with Crippen LogP contribution in [0.5, 0.6) is 0 Å². The van der Waals surface area contributed by atoms with Gasteiger partial charge in [-0.15, -0.1) is 0 Å². The molecule has 0 fully saturated rings. The van der Waals surface area contributed by atoms with Gasteiger partial charge in [-0.1, -0.05) is 6.92 Å². The van der Waals surface area contributed by atoms with Crippen LogP contribution in [0.2, 0.25) is 0 Å². The van der Waals surface area contributed by atoms with Crippen LogP contribution in [0.4, 0.5) is 0 Å². The van der Waals surface area contributed by atoms with E-state index in [-0.39, 0.29) is 11.5 Å². The van der Waals surface area contributed by atoms with E-state index in [0.717, 1.165) is 0 Å². The second-order valence-corrected chi connectivity index (χ2v) is 3.47. The zero-order valence-electron chi connectivity index (χ0n) is 8.78. The molecule has 0 atom stereocenters. The van der Waals surface area contributed by atoms with Crippen LogP contribution in [0, 0.1) is 0 Å². The van der Waals surface area contributed by atoms with Crippen molar-refractivity contribution >= 4 is 22.6 Å². The third-order valence-electron chi connectivity index (χ3n) is 2.44. The first-order valence-electron chi connectivity index (χ1n) is 4.94. The highest BCUT2D eigenvalue weighted by molar-refractivity contribution is 6.06. The van der Waals surface area contributed by atoms with E-state index >= 15 is 0 Å². The number of ketones is 1. The molecule has 5 nitrogen and oxygen atoms in total. The molecule has 0 radical (unpaired) electrons. The number of H-pyrrole nitrogens is 1. The molecule has 1 aromatic carbocycles. The Morgan fingerprint density at radius 3 is 2.81 bits per heavy atom. The molecule has 2 rings (SSSR count). The number of primary amides is 1. The number of nitrogens with one attached hydrogen (secondary N) is 1. The van der Waals surface area contributed by atoms with Gasteiger partial charge in [-0.2, -0.15) is 5.10 Å². The molecule has 0 bridgehead atoms. The Morgan fingerprint density at radius 1 is 1.44 bits per heavy atom. The fourth-order valence-electron chi connectivity index (χ4n) is 1.58. The molecule has 5 heteroatoms. The maximum Gasteiger partial charge on any atom is 0.269 e. The lowest BCUT2D eigenvalue weighted by Crippen LogP contribution is -2.11. The van der Waals surface area contributed by atoms with Crippen LogP contribution in [0.15, 0.2) is 18.2 Å². The van der Waals surface area contributed by atoms with E-state index in [1.165, 1.54) is 0 Å².